The maximum Gasteiger partial charge on any atom is 0.323 e. The number of aromatic nitrogens is 2. The van der Waals surface area contributed by atoms with Gasteiger partial charge in [0, 0.05) is 25.1 Å². The van der Waals surface area contributed by atoms with Crippen molar-refractivity contribution in [3.8, 4) is 5.75 Å². The van der Waals surface area contributed by atoms with Crippen molar-refractivity contribution in [3.63, 3.8) is 0 Å². The highest BCUT2D eigenvalue weighted by molar-refractivity contribution is 6.32. The molecule has 1 N–H and O–H groups in total. The lowest BCUT2D eigenvalue weighted by atomic mass is 10.3. The van der Waals surface area contributed by atoms with Crippen molar-refractivity contribution in [2.45, 2.75) is 32.4 Å². The predicted molar refractivity (Wildman–Crippen MR) is 93.7 cm³/mol. The number of anilines is 1. The minimum absolute atomic E-state index is 0.0503. The summed E-state index contributed by atoms with van der Waals surface area (Å²) in [6.07, 6.45) is 2.41. The maximum atomic E-state index is 12.4. The monoisotopic (exact) mass is 348 g/mol. The Morgan fingerprint density at radius 3 is 2.92 bits per heavy atom. The third-order valence-corrected chi connectivity index (χ3v) is 4.27. The van der Waals surface area contributed by atoms with Crippen LogP contribution in [-0.2, 0) is 0 Å². The molecule has 1 aliphatic heterocycles. The number of benzene rings is 1. The second kappa shape index (κ2) is 7.13. The molecular weight excluding hydrogens is 328 g/mol. The van der Waals surface area contributed by atoms with Gasteiger partial charge in [0.05, 0.1) is 17.8 Å². The highest BCUT2D eigenvalue weighted by Crippen LogP contribution is 2.26. The van der Waals surface area contributed by atoms with Gasteiger partial charge < -0.3 is 9.64 Å². The number of nitrogens with zero attached hydrogens (tertiary/aromatic N) is 3. The largest absolute Gasteiger partial charge is 0.487 e. The molecule has 24 heavy (non-hydrogen) atoms. The van der Waals surface area contributed by atoms with E-state index >= 15 is 0 Å². The molecule has 3 rings (SSSR count). The lowest BCUT2D eigenvalue weighted by Gasteiger charge is -2.19. The first kappa shape index (κ1) is 16.6. The Bertz CT molecular complexity index is 716. The first-order valence-electron chi connectivity index (χ1n) is 8.05. The SMILES string of the molecule is CC(C)n1nccc1NC(=O)N1CC[C@H](Oc2ccccc2Cl)C1. The number of likely N-dealkylation sites (tertiary alicyclic amines) is 1. The summed E-state index contributed by atoms with van der Waals surface area (Å²) in [5, 5.41) is 7.72. The third kappa shape index (κ3) is 3.64. The molecule has 0 unspecified atom stereocenters. The summed E-state index contributed by atoms with van der Waals surface area (Å²) >= 11 is 6.12. The zero-order valence-electron chi connectivity index (χ0n) is 13.8. The van der Waals surface area contributed by atoms with Gasteiger partial charge in [-0.25, -0.2) is 9.48 Å². The number of nitrogens with one attached hydrogen (secondary N) is 1. The van der Waals surface area contributed by atoms with E-state index in [1.165, 1.54) is 0 Å². The number of ether oxygens (including phenoxy) is 1. The summed E-state index contributed by atoms with van der Waals surface area (Å²) < 4.78 is 7.70. The Kier molecular flexibility index (Phi) is 4.94. The van der Waals surface area contributed by atoms with Gasteiger partial charge in [-0.15, -0.1) is 0 Å². The van der Waals surface area contributed by atoms with Gasteiger partial charge in [0.15, 0.2) is 0 Å². The Morgan fingerprint density at radius 1 is 1.38 bits per heavy atom. The molecule has 1 aliphatic rings. The fourth-order valence-corrected chi connectivity index (χ4v) is 2.92. The average molecular weight is 349 g/mol. The number of amides is 2. The van der Waals surface area contributed by atoms with Crippen LogP contribution in [0.5, 0.6) is 5.75 Å². The Hall–Kier alpha value is -2.21. The van der Waals surface area contributed by atoms with Crippen LogP contribution in [0.3, 0.4) is 0 Å². The van der Waals surface area contributed by atoms with Crippen LogP contribution in [0, 0.1) is 0 Å². The number of halogens is 1. The van der Waals surface area contributed by atoms with Crippen molar-refractivity contribution >= 4 is 23.4 Å². The fraction of sp³-hybridized carbons (Fsp3) is 0.412. The average Bonchev–Trinajstić information content (AvgIpc) is 3.19. The zero-order chi connectivity index (χ0) is 17.1. The van der Waals surface area contributed by atoms with Gasteiger partial charge in [-0.05, 0) is 26.0 Å². The molecular formula is C17H21ClN4O2. The van der Waals surface area contributed by atoms with E-state index in [-0.39, 0.29) is 18.2 Å². The molecule has 1 saturated heterocycles. The molecule has 128 valence electrons. The summed E-state index contributed by atoms with van der Waals surface area (Å²) in [4.78, 5) is 14.2. The summed E-state index contributed by atoms with van der Waals surface area (Å²) in [6.45, 7) is 5.22. The van der Waals surface area contributed by atoms with E-state index in [4.69, 9.17) is 16.3 Å². The van der Waals surface area contributed by atoms with Gasteiger partial charge in [-0.2, -0.15) is 5.10 Å². The third-order valence-electron chi connectivity index (χ3n) is 3.96. The minimum Gasteiger partial charge on any atom is -0.487 e. The van der Waals surface area contributed by atoms with E-state index in [9.17, 15) is 4.79 Å². The number of para-hydroxylation sites is 1. The van der Waals surface area contributed by atoms with Crippen molar-refractivity contribution in [3.05, 3.63) is 41.6 Å². The molecule has 0 bridgehead atoms. The first-order valence-corrected chi connectivity index (χ1v) is 8.43. The maximum absolute atomic E-state index is 12.4. The number of rotatable bonds is 4. The normalized spacial score (nSPS) is 17.3. The van der Waals surface area contributed by atoms with E-state index in [0.717, 1.165) is 6.42 Å². The number of carbonyl (C=O) groups is 1. The van der Waals surface area contributed by atoms with Crippen LogP contribution >= 0.6 is 11.6 Å². The van der Waals surface area contributed by atoms with Crippen molar-refractivity contribution < 1.29 is 9.53 Å². The smallest absolute Gasteiger partial charge is 0.323 e. The topological polar surface area (TPSA) is 59.4 Å². The minimum atomic E-state index is -0.136. The van der Waals surface area contributed by atoms with Gasteiger partial charge in [0.1, 0.15) is 17.7 Å². The summed E-state index contributed by atoms with van der Waals surface area (Å²) in [6, 6.07) is 9.23. The highest BCUT2D eigenvalue weighted by Gasteiger charge is 2.28. The first-order chi connectivity index (χ1) is 11.5. The Morgan fingerprint density at radius 2 is 2.17 bits per heavy atom. The van der Waals surface area contributed by atoms with Crippen LogP contribution in [0.15, 0.2) is 36.5 Å². The second-order valence-electron chi connectivity index (χ2n) is 6.09. The van der Waals surface area contributed by atoms with Gasteiger partial charge in [0.2, 0.25) is 0 Å². The van der Waals surface area contributed by atoms with Crippen LogP contribution in [0.4, 0.5) is 10.6 Å². The Labute approximate surface area is 146 Å². The fourth-order valence-electron chi connectivity index (χ4n) is 2.74. The molecule has 0 saturated carbocycles. The van der Waals surface area contributed by atoms with Crippen molar-refractivity contribution in [1.29, 1.82) is 0 Å². The molecule has 1 aromatic heterocycles. The molecule has 2 amide bonds. The van der Waals surface area contributed by atoms with Crippen LogP contribution in [0.1, 0.15) is 26.3 Å². The van der Waals surface area contributed by atoms with Crippen LogP contribution in [-0.4, -0.2) is 39.9 Å². The van der Waals surface area contributed by atoms with Crippen molar-refractivity contribution in [1.82, 2.24) is 14.7 Å². The number of hydrogen-bond acceptors (Lipinski definition) is 3. The van der Waals surface area contributed by atoms with E-state index in [2.05, 4.69) is 10.4 Å². The van der Waals surface area contributed by atoms with Crippen molar-refractivity contribution in [2.75, 3.05) is 18.4 Å². The molecule has 2 aromatic rings. The molecule has 1 atom stereocenters. The summed E-state index contributed by atoms with van der Waals surface area (Å²) in [5.41, 5.74) is 0. The summed E-state index contributed by atoms with van der Waals surface area (Å²) in [5.74, 6) is 1.36. The quantitative estimate of drug-likeness (QED) is 0.914. The van der Waals surface area contributed by atoms with Crippen molar-refractivity contribution in [2.24, 2.45) is 0 Å². The van der Waals surface area contributed by atoms with Crippen LogP contribution in [0.25, 0.3) is 0 Å². The number of hydrogen-bond donors (Lipinski definition) is 1. The van der Waals surface area contributed by atoms with E-state index in [0.29, 0.717) is 29.7 Å². The number of urea groups is 1. The highest BCUT2D eigenvalue weighted by atomic mass is 35.5. The molecule has 6 nitrogen and oxygen atoms in total. The molecule has 0 spiro atoms. The van der Waals surface area contributed by atoms with Crippen LogP contribution < -0.4 is 10.1 Å². The lowest BCUT2D eigenvalue weighted by Crippen LogP contribution is -2.35. The van der Waals surface area contributed by atoms with Gasteiger partial charge in [0.25, 0.3) is 0 Å². The molecule has 7 heteroatoms. The van der Waals surface area contributed by atoms with E-state index in [1.54, 1.807) is 27.9 Å². The Balaban J connectivity index is 1.58. The van der Waals surface area contributed by atoms with Gasteiger partial charge in [-0.3, -0.25) is 5.32 Å². The van der Waals surface area contributed by atoms with Gasteiger partial charge >= 0.3 is 6.03 Å². The molecule has 0 radical (unpaired) electrons. The van der Waals surface area contributed by atoms with E-state index in [1.807, 2.05) is 32.0 Å². The molecule has 2 heterocycles. The van der Waals surface area contributed by atoms with E-state index < -0.39 is 0 Å². The molecule has 1 aromatic carbocycles. The summed E-state index contributed by atoms with van der Waals surface area (Å²) in [7, 11) is 0. The lowest BCUT2D eigenvalue weighted by molar-refractivity contribution is 0.195. The molecule has 0 aliphatic carbocycles. The predicted octanol–water partition coefficient (Wildman–Crippen LogP) is 3.80. The number of carbonyl (C=O) groups excluding carboxylic acids is 1. The van der Waals surface area contributed by atoms with Gasteiger partial charge in [-0.1, -0.05) is 23.7 Å². The standard InChI is InChI=1S/C17H21ClN4O2/c1-12(2)22-16(7-9-19-22)20-17(23)21-10-8-13(11-21)24-15-6-4-3-5-14(15)18/h3-7,9,12-13H,8,10-11H2,1-2H3,(H,20,23)/t13-/m0/s1. The second-order valence-corrected chi connectivity index (χ2v) is 6.50. The zero-order valence-corrected chi connectivity index (χ0v) is 14.5. The molecule has 1 fully saturated rings. The van der Waals surface area contributed by atoms with Crippen LogP contribution in [0.2, 0.25) is 5.02 Å².